The first-order valence-corrected chi connectivity index (χ1v) is 6.24. The summed E-state index contributed by atoms with van der Waals surface area (Å²) in [6.45, 7) is 4.36. The number of β-amino-alcohol motifs (C(OH)–C–C–N with tert-alkyl or cyclic N) is 1. The van der Waals surface area contributed by atoms with E-state index in [2.05, 4.69) is 20.8 Å². The Labute approximate surface area is 104 Å². The van der Waals surface area contributed by atoms with Gasteiger partial charge in [0.1, 0.15) is 0 Å². The Bertz CT molecular complexity index is 393. The average Bonchev–Trinajstić information content (AvgIpc) is 2.51. The van der Waals surface area contributed by atoms with Gasteiger partial charge in [0.25, 0.3) is 0 Å². The zero-order chi connectivity index (χ0) is 11.8. The molecule has 1 aliphatic rings. The van der Waals surface area contributed by atoms with E-state index in [1.165, 1.54) is 0 Å². The molecule has 0 amide bonds. The van der Waals surface area contributed by atoms with Crippen molar-refractivity contribution < 1.29 is 5.11 Å². The third-order valence-corrected chi connectivity index (χ3v) is 3.53. The second-order valence-electron chi connectivity index (χ2n) is 4.80. The standard InChI is InChI=1S/C12H17BrN2O/c1-12(16)4-5-15(8-12)7-9-2-3-10(13)6-11(9)14/h2-3,6,16H,4-5,7-8,14H2,1H3. The number of likely N-dealkylation sites (tertiary alicyclic amines) is 1. The van der Waals surface area contributed by atoms with Gasteiger partial charge >= 0.3 is 0 Å². The van der Waals surface area contributed by atoms with Gasteiger partial charge in [0.2, 0.25) is 0 Å². The highest BCUT2D eigenvalue weighted by molar-refractivity contribution is 9.10. The molecule has 16 heavy (non-hydrogen) atoms. The molecule has 0 spiro atoms. The second kappa shape index (κ2) is 4.35. The van der Waals surface area contributed by atoms with Crippen LogP contribution in [-0.4, -0.2) is 28.7 Å². The number of aliphatic hydroxyl groups is 1. The molecule has 1 aromatic rings. The number of halogens is 1. The summed E-state index contributed by atoms with van der Waals surface area (Å²) in [7, 11) is 0. The molecule has 1 aliphatic heterocycles. The molecule has 0 radical (unpaired) electrons. The fraction of sp³-hybridized carbons (Fsp3) is 0.500. The minimum Gasteiger partial charge on any atom is -0.398 e. The van der Waals surface area contributed by atoms with Crippen molar-refractivity contribution in [3.05, 3.63) is 28.2 Å². The summed E-state index contributed by atoms with van der Waals surface area (Å²) >= 11 is 3.39. The van der Waals surface area contributed by atoms with Crippen molar-refractivity contribution in [2.75, 3.05) is 18.8 Å². The van der Waals surface area contributed by atoms with E-state index in [4.69, 9.17) is 5.73 Å². The fourth-order valence-electron chi connectivity index (χ4n) is 2.12. The maximum Gasteiger partial charge on any atom is 0.0758 e. The zero-order valence-electron chi connectivity index (χ0n) is 9.41. The SMILES string of the molecule is CC1(O)CCN(Cc2ccc(Br)cc2N)C1. The Morgan fingerprint density at radius 1 is 1.56 bits per heavy atom. The highest BCUT2D eigenvalue weighted by Gasteiger charge is 2.31. The van der Waals surface area contributed by atoms with E-state index in [1.807, 2.05) is 25.1 Å². The van der Waals surface area contributed by atoms with Crippen molar-refractivity contribution in [2.45, 2.75) is 25.5 Å². The number of hydrogen-bond acceptors (Lipinski definition) is 3. The minimum atomic E-state index is -0.538. The molecule has 0 aliphatic carbocycles. The Kier molecular flexibility index (Phi) is 3.24. The Balaban J connectivity index is 2.05. The molecular weight excluding hydrogens is 268 g/mol. The summed E-state index contributed by atoms with van der Waals surface area (Å²) in [5.41, 5.74) is 7.34. The summed E-state index contributed by atoms with van der Waals surface area (Å²) in [5, 5.41) is 9.88. The van der Waals surface area contributed by atoms with E-state index in [0.717, 1.165) is 41.8 Å². The molecule has 88 valence electrons. The van der Waals surface area contributed by atoms with Crippen LogP contribution in [0.3, 0.4) is 0 Å². The zero-order valence-corrected chi connectivity index (χ0v) is 11.0. The number of rotatable bonds is 2. The highest BCUT2D eigenvalue weighted by atomic mass is 79.9. The summed E-state index contributed by atoms with van der Waals surface area (Å²) in [6, 6.07) is 5.95. The molecule has 1 saturated heterocycles. The fourth-order valence-corrected chi connectivity index (χ4v) is 2.50. The van der Waals surface area contributed by atoms with Crippen LogP contribution in [0.4, 0.5) is 5.69 Å². The van der Waals surface area contributed by atoms with Gasteiger partial charge in [0, 0.05) is 29.8 Å². The lowest BCUT2D eigenvalue weighted by Gasteiger charge is -2.19. The number of nitrogen functional groups attached to an aromatic ring is 1. The molecule has 3 nitrogen and oxygen atoms in total. The first-order valence-electron chi connectivity index (χ1n) is 5.45. The summed E-state index contributed by atoms with van der Waals surface area (Å²) < 4.78 is 1.00. The lowest BCUT2D eigenvalue weighted by Crippen LogP contribution is -2.29. The van der Waals surface area contributed by atoms with Crippen LogP contribution in [0.1, 0.15) is 18.9 Å². The second-order valence-corrected chi connectivity index (χ2v) is 5.72. The van der Waals surface area contributed by atoms with E-state index in [-0.39, 0.29) is 0 Å². The first-order chi connectivity index (χ1) is 7.46. The molecule has 1 heterocycles. The molecule has 0 aromatic heterocycles. The third kappa shape index (κ3) is 2.75. The maximum absolute atomic E-state index is 9.88. The van der Waals surface area contributed by atoms with Gasteiger partial charge in [-0.3, -0.25) is 4.90 Å². The Hall–Kier alpha value is -0.580. The van der Waals surface area contributed by atoms with E-state index in [9.17, 15) is 5.11 Å². The first kappa shape index (κ1) is 11.9. The van der Waals surface area contributed by atoms with Crippen molar-refractivity contribution in [1.82, 2.24) is 4.90 Å². The van der Waals surface area contributed by atoms with Crippen LogP contribution < -0.4 is 5.73 Å². The quantitative estimate of drug-likeness (QED) is 0.817. The van der Waals surface area contributed by atoms with Crippen molar-refractivity contribution in [1.29, 1.82) is 0 Å². The van der Waals surface area contributed by atoms with E-state index in [1.54, 1.807) is 0 Å². The van der Waals surface area contributed by atoms with Crippen LogP contribution in [0.5, 0.6) is 0 Å². The molecule has 1 aromatic carbocycles. The predicted molar refractivity (Wildman–Crippen MR) is 69.1 cm³/mol. The molecule has 2 rings (SSSR count). The molecule has 3 N–H and O–H groups in total. The summed E-state index contributed by atoms with van der Waals surface area (Å²) in [5.74, 6) is 0. The van der Waals surface area contributed by atoms with Gasteiger partial charge in [-0.2, -0.15) is 0 Å². The van der Waals surface area contributed by atoms with Crippen molar-refractivity contribution >= 4 is 21.6 Å². The summed E-state index contributed by atoms with van der Waals surface area (Å²) in [6.07, 6.45) is 0.837. The predicted octanol–water partition coefficient (Wildman–Crippen LogP) is 1.99. The normalized spacial score (nSPS) is 26.2. The van der Waals surface area contributed by atoms with Gasteiger partial charge in [-0.05, 0) is 31.0 Å². The minimum absolute atomic E-state index is 0.538. The number of hydrogen-bond donors (Lipinski definition) is 2. The number of nitrogens with zero attached hydrogens (tertiary/aromatic N) is 1. The monoisotopic (exact) mass is 284 g/mol. The topological polar surface area (TPSA) is 49.5 Å². The lowest BCUT2D eigenvalue weighted by molar-refractivity contribution is 0.0679. The molecular formula is C12H17BrN2O. The smallest absolute Gasteiger partial charge is 0.0758 e. The van der Waals surface area contributed by atoms with Crippen LogP contribution in [0.15, 0.2) is 22.7 Å². The number of benzene rings is 1. The van der Waals surface area contributed by atoms with Crippen LogP contribution >= 0.6 is 15.9 Å². The van der Waals surface area contributed by atoms with Crippen LogP contribution in [-0.2, 0) is 6.54 Å². The molecule has 1 fully saturated rings. The highest BCUT2D eigenvalue weighted by Crippen LogP contribution is 2.25. The van der Waals surface area contributed by atoms with E-state index in [0.29, 0.717) is 0 Å². The Morgan fingerprint density at radius 3 is 2.88 bits per heavy atom. The molecule has 0 bridgehead atoms. The van der Waals surface area contributed by atoms with Gasteiger partial charge in [-0.15, -0.1) is 0 Å². The van der Waals surface area contributed by atoms with Gasteiger partial charge in [-0.1, -0.05) is 22.0 Å². The Morgan fingerprint density at radius 2 is 2.31 bits per heavy atom. The molecule has 4 heteroatoms. The third-order valence-electron chi connectivity index (χ3n) is 3.03. The van der Waals surface area contributed by atoms with E-state index >= 15 is 0 Å². The van der Waals surface area contributed by atoms with Crippen LogP contribution in [0.25, 0.3) is 0 Å². The molecule has 1 unspecified atom stereocenters. The van der Waals surface area contributed by atoms with Crippen molar-refractivity contribution in [3.63, 3.8) is 0 Å². The van der Waals surface area contributed by atoms with Gasteiger partial charge in [-0.25, -0.2) is 0 Å². The van der Waals surface area contributed by atoms with Crippen LogP contribution in [0.2, 0.25) is 0 Å². The van der Waals surface area contributed by atoms with Gasteiger partial charge < -0.3 is 10.8 Å². The average molecular weight is 285 g/mol. The molecule has 0 saturated carbocycles. The van der Waals surface area contributed by atoms with Crippen molar-refractivity contribution in [3.8, 4) is 0 Å². The summed E-state index contributed by atoms with van der Waals surface area (Å²) in [4.78, 5) is 2.24. The van der Waals surface area contributed by atoms with Gasteiger partial charge in [0.15, 0.2) is 0 Å². The number of anilines is 1. The molecule has 1 atom stereocenters. The maximum atomic E-state index is 9.88. The largest absolute Gasteiger partial charge is 0.398 e. The van der Waals surface area contributed by atoms with Gasteiger partial charge in [0.05, 0.1) is 5.60 Å². The van der Waals surface area contributed by atoms with Crippen LogP contribution in [0, 0.1) is 0 Å². The number of nitrogens with two attached hydrogens (primary N) is 1. The lowest BCUT2D eigenvalue weighted by atomic mass is 10.1. The van der Waals surface area contributed by atoms with Crippen molar-refractivity contribution in [2.24, 2.45) is 0 Å². The van der Waals surface area contributed by atoms with E-state index < -0.39 is 5.60 Å².